The van der Waals surface area contributed by atoms with E-state index in [0.717, 1.165) is 15.6 Å². The van der Waals surface area contributed by atoms with E-state index in [2.05, 4.69) is 36.7 Å². The van der Waals surface area contributed by atoms with Gasteiger partial charge < -0.3 is 10.5 Å². The summed E-state index contributed by atoms with van der Waals surface area (Å²) in [5.74, 6) is 1.20. The highest BCUT2D eigenvalue weighted by Gasteiger charge is 2.45. The van der Waals surface area contributed by atoms with Crippen LogP contribution in [0.25, 0.3) is 0 Å². The van der Waals surface area contributed by atoms with E-state index < -0.39 is 5.92 Å². The third-order valence-corrected chi connectivity index (χ3v) is 7.78. The molecule has 0 amide bonds. The maximum absolute atomic E-state index is 13.5. The number of ketones is 1. The first-order valence-electron chi connectivity index (χ1n) is 10.5. The van der Waals surface area contributed by atoms with Crippen molar-refractivity contribution in [1.82, 2.24) is 10.2 Å². The lowest BCUT2D eigenvalue weighted by atomic mass is 9.68. The normalized spacial score (nSPS) is 19.9. The molecule has 1 aliphatic heterocycles. The summed E-state index contributed by atoms with van der Waals surface area (Å²) in [4.78, 5) is 15.3. The first-order chi connectivity index (χ1) is 15.8. The highest BCUT2D eigenvalue weighted by atomic mass is 32.2. The number of hydrogen-bond acceptors (Lipinski definition) is 9. The molecule has 170 valence electrons. The molecular formula is C24H25N5O2S2. The Hall–Kier alpha value is -3.09. The molecule has 9 heteroatoms. The van der Waals surface area contributed by atoms with Gasteiger partial charge in [-0.1, -0.05) is 55.2 Å². The van der Waals surface area contributed by atoms with Crippen LogP contribution in [-0.2, 0) is 4.79 Å². The van der Waals surface area contributed by atoms with Crippen molar-refractivity contribution in [1.29, 1.82) is 5.26 Å². The predicted octanol–water partition coefficient (Wildman–Crippen LogP) is 4.77. The van der Waals surface area contributed by atoms with Gasteiger partial charge in [-0.25, -0.2) is 0 Å². The number of aromatic nitrogens is 2. The lowest BCUT2D eigenvalue weighted by Crippen LogP contribution is -2.42. The third-order valence-electron chi connectivity index (χ3n) is 5.74. The lowest BCUT2D eigenvalue weighted by molar-refractivity contribution is -0.118. The number of Topliss-reactive ketones (excluding diaryl/α,β-unsaturated/α-hetero) is 1. The number of nitrogens with two attached hydrogens (primary N) is 1. The summed E-state index contributed by atoms with van der Waals surface area (Å²) in [6.07, 6.45) is 2.84. The SMILES string of the molecule is C=CCSc1nnc(N2C(N)=C(C#N)C(c3ccc(OC)cc3)C3=C2CC(C)(C)CC3=O)s1. The van der Waals surface area contributed by atoms with E-state index in [9.17, 15) is 10.1 Å². The van der Waals surface area contributed by atoms with Crippen LogP contribution in [0.3, 0.4) is 0 Å². The smallest absolute Gasteiger partial charge is 0.219 e. The first-order valence-corrected chi connectivity index (χ1v) is 12.3. The number of methoxy groups -OCH3 is 1. The van der Waals surface area contributed by atoms with Crippen molar-refractivity contribution >= 4 is 34.0 Å². The fraction of sp³-hybridized carbons (Fsp3) is 0.333. The van der Waals surface area contributed by atoms with Crippen molar-refractivity contribution in [2.24, 2.45) is 11.1 Å². The van der Waals surface area contributed by atoms with Crippen molar-refractivity contribution in [3.63, 3.8) is 0 Å². The van der Waals surface area contributed by atoms with Gasteiger partial charge in [0.15, 0.2) is 10.1 Å². The molecule has 1 aromatic heterocycles. The average molecular weight is 480 g/mol. The molecule has 33 heavy (non-hydrogen) atoms. The number of anilines is 1. The molecule has 7 nitrogen and oxygen atoms in total. The number of carbonyl (C=O) groups excluding carboxylic acids is 1. The molecule has 1 unspecified atom stereocenters. The van der Waals surface area contributed by atoms with Gasteiger partial charge in [0.05, 0.1) is 24.7 Å². The summed E-state index contributed by atoms with van der Waals surface area (Å²) in [5, 5.41) is 19.3. The van der Waals surface area contributed by atoms with Gasteiger partial charge in [-0.2, -0.15) is 5.26 Å². The second-order valence-corrected chi connectivity index (χ2v) is 10.9. The summed E-state index contributed by atoms with van der Waals surface area (Å²) in [7, 11) is 1.60. The van der Waals surface area contributed by atoms with Crippen molar-refractivity contribution < 1.29 is 9.53 Å². The number of rotatable bonds is 6. The quantitative estimate of drug-likeness (QED) is 0.467. The van der Waals surface area contributed by atoms with E-state index in [0.29, 0.717) is 46.4 Å². The zero-order valence-electron chi connectivity index (χ0n) is 18.8. The zero-order chi connectivity index (χ0) is 23.8. The molecule has 0 spiro atoms. The summed E-state index contributed by atoms with van der Waals surface area (Å²) in [6.45, 7) is 7.88. The zero-order valence-corrected chi connectivity index (χ0v) is 20.4. The van der Waals surface area contributed by atoms with Crippen LogP contribution in [0.15, 0.2) is 63.9 Å². The summed E-state index contributed by atoms with van der Waals surface area (Å²) >= 11 is 2.92. The minimum absolute atomic E-state index is 0.0260. The predicted molar refractivity (Wildman–Crippen MR) is 131 cm³/mol. The molecule has 1 aromatic carbocycles. The van der Waals surface area contributed by atoms with Crippen molar-refractivity contribution in [3.8, 4) is 11.8 Å². The van der Waals surface area contributed by atoms with Crippen molar-refractivity contribution in [3.05, 3.63) is 65.1 Å². The number of ether oxygens (including phenoxy) is 1. The summed E-state index contributed by atoms with van der Waals surface area (Å²) in [5.41, 5.74) is 8.96. The van der Waals surface area contributed by atoms with Gasteiger partial charge in [0, 0.05) is 23.4 Å². The van der Waals surface area contributed by atoms with E-state index >= 15 is 0 Å². The topological polar surface area (TPSA) is 105 Å². The largest absolute Gasteiger partial charge is 0.497 e. The monoisotopic (exact) mass is 479 g/mol. The van der Waals surface area contributed by atoms with Crippen LogP contribution >= 0.6 is 23.1 Å². The van der Waals surface area contributed by atoms with Gasteiger partial charge in [0.2, 0.25) is 5.13 Å². The first kappa shape index (κ1) is 23.1. The molecule has 0 saturated heterocycles. The second kappa shape index (κ2) is 9.04. The van der Waals surface area contributed by atoms with Crippen LogP contribution in [0.4, 0.5) is 5.13 Å². The average Bonchev–Trinajstić information content (AvgIpc) is 3.24. The minimum atomic E-state index is -0.529. The summed E-state index contributed by atoms with van der Waals surface area (Å²) in [6, 6.07) is 9.71. The minimum Gasteiger partial charge on any atom is -0.497 e. The fourth-order valence-corrected chi connectivity index (χ4v) is 5.98. The Morgan fingerprint density at radius 2 is 2.09 bits per heavy atom. The van der Waals surface area contributed by atoms with Gasteiger partial charge in [-0.3, -0.25) is 9.69 Å². The molecule has 0 fully saturated rings. The van der Waals surface area contributed by atoms with Gasteiger partial charge in [0.1, 0.15) is 11.6 Å². The molecule has 0 saturated carbocycles. The van der Waals surface area contributed by atoms with E-state index in [1.54, 1.807) is 18.1 Å². The fourth-order valence-electron chi connectivity index (χ4n) is 4.34. The van der Waals surface area contributed by atoms with E-state index in [4.69, 9.17) is 10.5 Å². The number of benzene rings is 1. The highest BCUT2D eigenvalue weighted by molar-refractivity contribution is 8.01. The number of carbonyl (C=O) groups is 1. The Bertz CT molecular complexity index is 1200. The Balaban J connectivity index is 1.89. The maximum atomic E-state index is 13.5. The molecule has 2 aliphatic rings. The van der Waals surface area contributed by atoms with E-state index in [1.807, 2.05) is 24.3 Å². The molecule has 2 N–H and O–H groups in total. The number of nitrogens with zero attached hydrogens (tertiary/aromatic N) is 4. The van der Waals surface area contributed by atoms with Crippen LogP contribution in [-0.4, -0.2) is 28.8 Å². The van der Waals surface area contributed by atoms with Crippen LogP contribution in [0.2, 0.25) is 0 Å². The Labute approximate surface area is 201 Å². The van der Waals surface area contributed by atoms with Gasteiger partial charge >= 0.3 is 0 Å². The van der Waals surface area contributed by atoms with Crippen LogP contribution in [0.1, 0.15) is 38.2 Å². The molecule has 0 radical (unpaired) electrons. The molecule has 1 aliphatic carbocycles. The Morgan fingerprint density at radius 3 is 2.73 bits per heavy atom. The van der Waals surface area contributed by atoms with E-state index in [1.165, 1.54) is 23.1 Å². The van der Waals surface area contributed by atoms with Gasteiger partial charge in [-0.15, -0.1) is 16.8 Å². The standard InChI is InChI=1S/C24H25N5O2S2/c1-5-10-32-23-28-27-22(33-23)29-17-11-24(2,3)12-18(30)20(17)19(16(13-25)21(29)26)14-6-8-15(31-4)9-7-14/h5-9,19H,1,10-12,26H2,2-4H3. The number of nitriles is 1. The number of allylic oxidation sites excluding steroid dienone is 3. The van der Waals surface area contributed by atoms with Crippen LogP contribution in [0, 0.1) is 16.7 Å². The lowest BCUT2D eigenvalue weighted by Gasteiger charge is -2.42. The van der Waals surface area contributed by atoms with Gasteiger partial charge in [0.25, 0.3) is 0 Å². The molecule has 0 bridgehead atoms. The molecule has 2 heterocycles. The number of thioether (sulfide) groups is 1. The van der Waals surface area contributed by atoms with Crippen molar-refractivity contribution in [2.75, 3.05) is 17.8 Å². The van der Waals surface area contributed by atoms with E-state index in [-0.39, 0.29) is 11.2 Å². The molecular weight excluding hydrogens is 454 g/mol. The molecule has 1 atom stereocenters. The van der Waals surface area contributed by atoms with Crippen LogP contribution in [0.5, 0.6) is 5.75 Å². The third kappa shape index (κ3) is 4.28. The second-order valence-electron chi connectivity index (χ2n) is 8.70. The van der Waals surface area contributed by atoms with Crippen LogP contribution < -0.4 is 15.4 Å². The van der Waals surface area contributed by atoms with Gasteiger partial charge in [-0.05, 0) is 29.5 Å². The highest BCUT2D eigenvalue weighted by Crippen LogP contribution is 2.50. The van der Waals surface area contributed by atoms with Crippen molar-refractivity contribution in [2.45, 2.75) is 36.9 Å². The molecule has 4 rings (SSSR count). The molecule has 2 aromatic rings. The Morgan fingerprint density at radius 1 is 1.36 bits per heavy atom. The maximum Gasteiger partial charge on any atom is 0.219 e. The Kier molecular flexibility index (Phi) is 6.32. The summed E-state index contributed by atoms with van der Waals surface area (Å²) < 4.78 is 6.06. The number of hydrogen-bond donors (Lipinski definition) is 1.